The zero-order valence-electron chi connectivity index (χ0n) is 10.9. The van der Waals surface area contributed by atoms with E-state index in [1.165, 1.54) is 5.56 Å². The molecule has 4 nitrogen and oxygen atoms in total. The molecule has 0 spiro atoms. The molecule has 1 unspecified atom stereocenters. The molecule has 0 saturated carbocycles. The molecule has 19 heavy (non-hydrogen) atoms. The maximum atomic E-state index is 10.9. The van der Waals surface area contributed by atoms with Gasteiger partial charge in [0, 0.05) is 19.0 Å². The molecule has 1 aromatic rings. The molecule has 1 atom stereocenters. The van der Waals surface area contributed by atoms with Gasteiger partial charge in [-0.15, -0.1) is 6.58 Å². The topological polar surface area (TPSA) is 49.8 Å². The predicted octanol–water partition coefficient (Wildman–Crippen LogP) is 2.13. The lowest BCUT2D eigenvalue weighted by Gasteiger charge is -2.30. The van der Waals surface area contributed by atoms with Crippen molar-refractivity contribution in [2.24, 2.45) is 0 Å². The van der Waals surface area contributed by atoms with Crippen molar-refractivity contribution in [3.63, 3.8) is 0 Å². The van der Waals surface area contributed by atoms with Crippen molar-refractivity contribution in [1.29, 1.82) is 0 Å². The Balaban J connectivity index is 2.09. The van der Waals surface area contributed by atoms with Crippen LogP contribution in [0.15, 0.2) is 36.9 Å². The number of ether oxygens (including phenoxy) is 1. The monoisotopic (exact) mass is 261 g/mol. The number of hydrogen-bond donors (Lipinski definition) is 1. The number of aliphatic carboxylic acids is 1. The number of carboxylic acid groups (broad SMARTS) is 1. The Morgan fingerprint density at radius 3 is 3.05 bits per heavy atom. The standard InChI is InChI=1S/C15H19NO3/c1-2-8-16(11-15(17)18)10-12-7-9-19-14-6-4-3-5-13(12)14/h2-6,12H,1,7-11H2,(H,17,18). The third-order valence-corrected chi connectivity index (χ3v) is 3.31. The Bertz CT molecular complexity index is 458. The number of hydrogen-bond acceptors (Lipinski definition) is 3. The highest BCUT2D eigenvalue weighted by atomic mass is 16.5. The molecule has 0 radical (unpaired) electrons. The molecule has 0 aliphatic carbocycles. The smallest absolute Gasteiger partial charge is 0.317 e. The van der Waals surface area contributed by atoms with E-state index in [0.717, 1.165) is 18.7 Å². The average molecular weight is 261 g/mol. The molecular formula is C15H19NO3. The van der Waals surface area contributed by atoms with Crippen LogP contribution in [-0.2, 0) is 4.79 Å². The second-order valence-corrected chi connectivity index (χ2v) is 4.75. The fourth-order valence-electron chi connectivity index (χ4n) is 2.49. The van der Waals surface area contributed by atoms with Crippen LogP contribution in [0.1, 0.15) is 17.9 Å². The second kappa shape index (κ2) is 6.38. The molecule has 0 aromatic heterocycles. The van der Waals surface area contributed by atoms with Crippen LogP contribution in [0.25, 0.3) is 0 Å². The number of fused-ring (bicyclic) bond motifs is 1. The summed E-state index contributed by atoms with van der Waals surface area (Å²) in [6.45, 7) is 5.73. The number of para-hydroxylation sites is 1. The van der Waals surface area contributed by atoms with E-state index in [-0.39, 0.29) is 6.54 Å². The minimum absolute atomic E-state index is 0.0472. The van der Waals surface area contributed by atoms with E-state index in [0.29, 0.717) is 19.1 Å². The number of nitrogens with zero attached hydrogens (tertiary/aromatic N) is 1. The summed E-state index contributed by atoms with van der Waals surface area (Å²) in [5.41, 5.74) is 1.17. The van der Waals surface area contributed by atoms with Crippen LogP contribution in [0.5, 0.6) is 5.75 Å². The van der Waals surface area contributed by atoms with E-state index in [9.17, 15) is 4.79 Å². The van der Waals surface area contributed by atoms with Gasteiger partial charge >= 0.3 is 5.97 Å². The highest BCUT2D eigenvalue weighted by Gasteiger charge is 2.23. The van der Waals surface area contributed by atoms with Gasteiger partial charge in [-0.3, -0.25) is 9.69 Å². The first kappa shape index (κ1) is 13.6. The third kappa shape index (κ3) is 3.58. The van der Waals surface area contributed by atoms with Crippen LogP contribution in [0.4, 0.5) is 0 Å². The summed E-state index contributed by atoms with van der Waals surface area (Å²) in [7, 11) is 0. The van der Waals surface area contributed by atoms with Crippen molar-refractivity contribution in [2.45, 2.75) is 12.3 Å². The Kier molecular flexibility index (Phi) is 4.58. The first-order valence-electron chi connectivity index (χ1n) is 6.47. The van der Waals surface area contributed by atoms with Gasteiger partial charge in [-0.05, 0) is 18.1 Å². The lowest BCUT2D eigenvalue weighted by atomic mass is 9.92. The van der Waals surface area contributed by atoms with E-state index >= 15 is 0 Å². The van der Waals surface area contributed by atoms with Crippen molar-refractivity contribution in [2.75, 3.05) is 26.2 Å². The maximum absolute atomic E-state index is 10.9. The first-order chi connectivity index (χ1) is 9.20. The van der Waals surface area contributed by atoms with Gasteiger partial charge in [0.25, 0.3) is 0 Å². The fourth-order valence-corrected chi connectivity index (χ4v) is 2.49. The quantitative estimate of drug-likeness (QED) is 0.797. The van der Waals surface area contributed by atoms with E-state index in [4.69, 9.17) is 9.84 Å². The van der Waals surface area contributed by atoms with E-state index in [1.54, 1.807) is 6.08 Å². The zero-order valence-corrected chi connectivity index (χ0v) is 10.9. The fraction of sp³-hybridized carbons (Fsp3) is 0.400. The Morgan fingerprint density at radius 1 is 1.53 bits per heavy atom. The highest BCUT2D eigenvalue weighted by molar-refractivity contribution is 5.69. The van der Waals surface area contributed by atoms with Gasteiger partial charge in [-0.2, -0.15) is 0 Å². The SMILES string of the molecule is C=CCN(CC(=O)O)CC1CCOc2ccccc21. The van der Waals surface area contributed by atoms with Crippen molar-refractivity contribution >= 4 is 5.97 Å². The molecule has 2 rings (SSSR count). The van der Waals surface area contributed by atoms with Crippen LogP contribution in [0.3, 0.4) is 0 Å². The Labute approximate surface area is 113 Å². The van der Waals surface area contributed by atoms with Gasteiger partial charge in [0.15, 0.2) is 0 Å². The normalized spacial score (nSPS) is 17.6. The summed E-state index contributed by atoms with van der Waals surface area (Å²) in [4.78, 5) is 12.8. The minimum atomic E-state index is -0.804. The lowest BCUT2D eigenvalue weighted by Crippen LogP contribution is -2.35. The molecule has 0 saturated heterocycles. The lowest BCUT2D eigenvalue weighted by molar-refractivity contribution is -0.138. The van der Waals surface area contributed by atoms with Crippen molar-refractivity contribution in [3.8, 4) is 5.75 Å². The summed E-state index contributed by atoms with van der Waals surface area (Å²) in [5, 5.41) is 8.93. The summed E-state index contributed by atoms with van der Waals surface area (Å²) >= 11 is 0. The van der Waals surface area contributed by atoms with Gasteiger partial charge in [-0.25, -0.2) is 0 Å². The maximum Gasteiger partial charge on any atom is 0.317 e. The highest BCUT2D eigenvalue weighted by Crippen LogP contribution is 2.33. The van der Waals surface area contributed by atoms with Crippen LogP contribution in [-0.4, -0.2) is 42.2 Å². The van der Waals surface area contributed by atoms with Gasteiger partial charge in [-0.1, -0.05) is 24.3 Å². The van der Waals surface area contributed by atoms with Crippen molar-refractivity contribution < 1.29 is 14.6 Å². The summed E-state index contributed by atoms with van der Waals surface area (Å²) in [6, 6.07) is 7.98. The van der Waals surface area contributed by atoms with Gasteiger partial charge < -0.3 is 9.84 Å². The van der Waals surface area contributed by atoms with E-state index in [2.05, 4.69) is 12.6 Å². The average Bonchev–Trinajstić information content (AvgIpc) is 2.39. The molecule has 1 aliphatic heterocycles. The van der Waals surface area contributed by atoms with E-state index < -0.39 is 5.97 Å². The molecule has 1 heterocycles. The minimum Gasteiger partial charge on any atom is -0.493 e. The van der Waals surface area contributed by atoms with Crippen molar-refractivity contribution in [1.82, 2.24) is 4.90 Å². The largest absolute Gasteiger partial charge is 0.493 e. The van der Waals surface area contributed by atoms with E-state index in [1.807, 2.05) is 23.1 Å². The Hall–Kier alpha value is -1.81. The number of carbonyl (C=O) groups is 1. The first-order valence-corrected chi connectivity index (χ1v) is 6.47. The zero-order chi connectivity index (χ0) is 13.7. The van der Waals surface area contributed by atoms with Gasteiger partial charge in [0.2, 0.25) is 0 Å². The molecule has 0 bridgehead atoms. The molecule has 102 valence electrons. The third-order valence-electron chi connectivity index (χ3n) is 3.31. The van der Waals surface area contributed by atoms with Crippen LogP contribution < -0.4 is 4.74 Å². The predicted molar refractivity (Wildman–Crippen MR) is 73.6 cm³/mol. The Morgan fingerprint density at radius 2 is 2.32 bits per heavy atom. The van der Waals surface area contributed by atoms with Crippen LogP contribution in [0.2, 0.25) is 0 Å². The molecule has 0 amide bonds. The van der Waals surface area contributed by atoms with Gasteiger partial charge in [0.1, 0.15) is 5.75 Å². The molecule has 1 N–H and O–H groups in total. The number of carboxylic acids is 1. The summed E-state index contributed by atoms with van der Waals surface area (Å²) < 4.78 is 5.62. The number of rotatable bonds is 6. The van der Waals surface area contributed by atoms with Gasteiger partial charge in [0.05, 0.1) is 13.2 Å². The van der Waals surface area contributed by atoms with Crippen LogP contribution >= 0.6 is 0 Å². The summed E-state index contributed by atoms with van der Waals surface area (Å²) in [5.74, 6) is 0.444. The molecular weight excluding hydrogens is 242 g/mol. The second-order valence-electron chi connectivity index (χ2n) is 4.75. The van der Waals surface area contributed by atoms with Crippen molar-refractivity contribution in [3.05, 3.63) is 42.5 Å². The van der Waals surface area contributed by atoms with Crippen LogP contribution in [0, 0.1) is 0 Å². The molecule has 4 heteroatoms. The molecule has 1 aromatic carbocycles. The summed E-state index contributed by atoms with van der Waals surface area (Å²) in [6.07, 6.45) is 2.67. The molecule has 1 aliphatic rings. The molecule has 0 fully saturated rings. The number of benzene rings is 1.